The molecule has 2 unspecified atom stereocenters. The number of nitrogens with one attached hydrogen (secondary N) is 1. The Balaban J connectivity index is 1.51. The van der Waals surface area contributed by atoms with Crippen molar-refractivity contribution in [2.45, 2.75) is 36.1 Å². The second-order valence-corrected chi connectivity index (χ2v) is 10.0. The van der Waals surface area contributed by atoms with Crippen molar-refractivity contribution in [3.05, 3.63) is 69.7 Å². The molecule has 0 aromatic heterocycles. The summed E-state index contributed by atoms with van der Waals surface area (Å²) in [7, 11) is 6.61. The molecule has 36 heavy (non-hydrogen) atoms. The number of amides is 4. The molecule has 7 nitrogen and oxygen atoms in total. The summed E-state index contributed by atoms with van der Waals surface area (Å²) in [5.74, 6) is -7.16. The minimum atomic E-state index is -3.75. The van der Waals surface area contributed by atoms with E-state index >= 15 is 0 Å². The molecule has 3 atom stereocenters. The van der Waals surface area contributed by atoms with Gasteiger partial charge in [-0.3, -0.25) is 19.2 Å². The zero-order valence-electron chi connectivity index (χ0n) is 20.3. The summed E-state index contributed by atoms with van der Waals surface area (Å²) in [6, 6.07) is 9.56. The van der Waals surface area contributed by atoms with Gasteiger partial charge < -0.3 is 15.0 Å². The summed E-state index contributed by atoms with van der Waals surface area (Å²) >= 11 is 5.74. The van der Waals surface area contributed by atoms with Crippen LogP contribution in [0.1, 0.15) is 27.0 Å². The van der Waals surface area contributed by atoms with E-state index in [0.717, 1.165) is 16.9 Å². The SMILES string of the molecule is BC1C(=O)N(B)C(=O)[C@](B)(N2Cc3cc(CNC(=O)C(F)(F)c4ccc(Cl)cc4)ccc3C2=O)C1B. The number of benzene rings is 2. The number of halogens is 3. The minimum absolute atomic E-state index is 0.123. The number of alkyl halides is 2. The van der Waals surface area contributed by atoms with Crippen LogP contribution >= 0.6 is 11.6 Å². The van der Waals surface area contributed by atoms with E-state index in [9.17, 15) is 28.0 Å². The molecule has 182 valence electrons. The first-order chi connectivity index (χ1) is 16.8. The topological polar surface area (TPSA) is 86.8 Å². The molecule has 0 saturated carbocycles. The number of imide groups is 1. The molecule has 0 radical (unpaired) electrons. The Labute approximate surface area is 215 Å². The number of carbonyl (C=O) groups excluding carboxylic acids is 4. The molecule has 0 spiro atoms. The van der Waals surface area contributed by atoms with E-state index in [-0.39, 0.29) is 29.9 Å². The van der Waals surface area contributed by atoms with Gasteiger partial charge in [-0.05, 0) is 35.1 Å². The number of fused-ring (bicyclic) bond motifs is 1. The average Bonchev–Trinajstić information content (AvgIpc) is 3.19. The largest absolute Gasteiger partial charge is 0.349 e. The van der Waals surface area contributed by atoms with Gasteiger partial charge in [-0.2, -0.15) is 8.78 Å². The van der Waals surface area contributed by atoms with Crippen molar-refractivity contribution >= 4 is 66.7 Å². The highest BCUT2D eigenvalue weighted by atomic mass is 35.5. The molecule has 0 bridgehead atoms. The zero-order chi connectivity index (χ0) is 26.6. The Kier molecular flexibility index (Phi) is 6.58. The molecular weight excluding hydrogens is 487 g/mol. The van der Waals surface area contributed by atoms with Gasteiger partial charge in [0.05, 0.1) is 5.44 Å². The highest BCUT2D eigenvalue weighted by Crippen LogP contribution is 2.43. The van der Waals surface area contributed by atoms with Crippen LogP contribution in [0.25, 0.3) is 0 Å². The number of rotatable bonds is 5. The Bertz CT molecular complexity index is 1280. The van der Waals surface area contributed by atoms with Crippen LogP contribution in [0.4, 0.5) is 8.78 Å². The summed E-state index contributed by atoms with van der Waals surface area (Å²) in [4.78, 5) is 53.6. The van der Waals surface area contributed by atoms with Crippen molar-refractivity contribution in [3.63, 3.8) is 0 Å². The van der Waals surface area contributed by atoms with Gasteiger partial charge in [-0.25, -0.2) is 0 Å². The van der Waals surface area contributed by atoms with Crippen LogP contribution < -0.4 is 5.32 Å². The number of nitrogens with zero attached hydrogens (tertiary/aromatic N) is 2. The third kappa shape index (κ3) is 4.03. The van der Waals surface area contributed by atoms with Crippen LogP contribution in [0.15, 0.2) is 42.5 Å². The molecule has 4 rings (SSSR count). The number of hydrogen-bond acceptors (Lipinski definition) is 4. The smallest absolute Gasteiger partial charge is 0.346 e. The Morgan fingerprint density at radius 3 is 2.42 bits per heavy atom. The lowest BCUT2D eigenvalue weighted by atomic mass is 9.48. The predicted octanol–water partition coefficient (Wildman–Crippen LogP) is -1.21. The van der Waals surface area contributed by atoms with Gasteiger partial charge in [0.1, 0.15) is 23.5 Å². The maximum absolute atomic E-state index is 14.6. The molecule has 1 N–H and O–H groups in total. The zero-order valence-corrected chi connectivity index (χ0v) is 21.0. The monoisotopic (exact) mass is 509 g/mol. The minimum Gasteiger partial charge on any atom is -0.346 e. The maximum Gasteiger partial charge on any atom is 0.349 e. The second-order valence-electron chi connectivity index (χ2n) is 9.57. The van der Waals surface area contributed by atoms with Crippen LogP contribution in [0, 0.1) is 0 Å². The highest BCUT2D eigenvalue weighted by Gasteiger charge is 2.56. The van der Waals surface area contributed by atoms with Gasteiger partial charge in [0, 0.05) is 35.1 Å². The van der Waals surface area contributed by atoms with Crippen LogP contribution in [-0.4, -0.2) is 70.3 Å². The van der Waals surface area contributed by atoms with Crippen molar-refractivity contribution in [2.75, 3.05) is 0 Å². The van der Waals surface area contributed by atoms with Crippen molar-refractivity contribution in [1.29, 1.82) is 0 Å². The molecule has 2 heterocycles. The maximum atomic E-state index is 14.6. The summed E-state index contributed by atoms with van der Waals surface area (Å²) in [5, 5.41) is 2.53. The van der Waals surface area contributed by atoms with E-state index in [2.05, 4.69) is 5.32 Å². The van der Waals surface area contributed by atoms with Gasteiger partial charge in [0.2, 0.25) is 19.8 Å². The van der Waals surface area contributed by atoms with E-state index < -0.39 is 40.4 Å². The van der Waals surface area contributed by atoms with Crippen LogP contribution in [0.5, 0.6) is 0 Å². The highest BCUT2D eigenvalue weighted by molar-refractivity contribution is 6.47. The Morgan fingerprint density at radius 1 is 1.14 bits per heavy atom. The van der Waals surface area contributed by atoms with Gasteiger partial charge in [0.15, 0.2) is 0 Å². The fourth-order valence-electron chi connectivity index (χ4n) is 4.94. The fourth-order valence-corrected chi connectivity index (χ4v) is 5.07. The predicted molar refractivity (Wildman–Crippen MR) is 140 cm³/mol. The van der Waals surface area contributed by atoms with Crippen LogP contribution in [-0.2, 0) is 33.4 Å². The molecule has 1 fully saturated rings. The summed E-state index contributed by atoms with van der Waals surface area (Å²) < 4.78 is 29.1. The number of piperidine rings is 1. The lowest BCUT2D eigenvalue weighted by molar-refractivity contribution is -0.148. The van der Waals surface area contributed by atoms with Crippen molar-refractivity contribution in [1.82, 2.24) is 15.0 Å². The first-order valence-corrected chi connectivity index (χ1v) is 11.9. The van der Waals surface area contributed by atoms with Crippen LogP contribution in [0.3, 0.4) is 0 Å². The van der Waals surface area contributed by atoms with E-state index in [1.807, 2.05) is 0 Å². The first-order valence-electron chi connectivity index (χ1n) is 11.5. The standard InChI is InChI=1S/C22H22B4ClF2N3O4/c23-15-16(24)21(25,20(36)32(26)18(15)34)31-9-11-7-10(1-6-14(11)17(31)33)8-30-19(35)22(28,29)12-2-4-13(27)5-3-12/h1-7,15-16H,8-9,23-26H2,(H,30,35)/t15?,16?,21-/m1/s1. The van der Waals surface area contributed by atoms with Gasteiger partial charge in [-0.15, -0.1) is 0 Å². The number of carbonyl (C=O) groups is 4. The lowest BCUT2D eigenvalue weighted by Gasteiger charge is -2.50. The summed E-state index contributed by atoms with van der Waals surface area (Å²) in [6.07, 6.45) is 0. The van der Waals surface area contributed by atoms with Crippen LogP contribution in [0.2, 0.25) is 16.7 Å². The summed E-state index contributed by atoms with van der Waals surface area (Å²) in [6.45, 7) is -0.0530. The Morgan fingerprint density at radius 2 is 1.78 bits per heavy atom. The van der Waals surface area contributed by atoms with Crippen molar-refractivity contribution in [2.24, 2.45) is 0 Å². The third-order valence-corrected chi connectivity index (χ3v) is 7.83. The third-order valence-electron chi connectivity index (χ3n) is 7.57. The molecule has 0 aliphatic carbocycles. The molecular formula is C22H22B4ClF2N3O4. The molecule has 2 aromatic rings. The molecule has 14 heteroatoms. The molecule has 4 amide bonds. The molecule has 2 aromatic carbocycles. The normalized spacial score (nSPS) is 24.1. The number of hydrogen-bond donors (Lipinski definition) is 1. The Hall–Kier alpha value is -3.07. The molecule has 1 saturated heterocycles. The van der Waals surface area contributed by atoms with E-state index in [0.29, 0.717) is 16.7 Å². The van der Waals surface area contributed by atoms with Crippen molar-refractivity contribution < 1.29 is 28.0 Å². The quantitative estimate of drug-likeness (QED) is 0.406. The van der Waals surface area contributed by atoms with Gasteiger partial charge in [0.25, 0.3) is 11.8 Å². The summed E-state index contributed by atoms with van der Waals surface area (Å²) in [5.41, 5.74) is -0.170. The first kappa shape index (κ1) is 26.0. The van der Waals surface area contributed by atoms with E-state index in [1.165, 1.54) is 25.0 Å². The molecule has 2 aliphatic rings. The van der Waals surface area contributed by atoms with E-state index in [4.69, 9.17) is 11.6 Å². The van der Waals surface area contributed by atoms with Gasteiger partial charge >= 0.3 is 5.92 Å². The second kappa shape index (κ2) is 9.10. The van der Waals surface area contributed by atoms with Crippen molar-refractivity contribution in [3.8, 4) is 0 Å². The molecule has 2 aliphatic heterocycles. The van der Waals surface area contributed by atoms with E-state index in [1.54, 1.807) is 41.7 Å². The lowest BCUT2D eigenvalue weighted by Crippen LogP contribution is -2.68. The van der Waals surface area contributed by atoms with Gasteiger partial charge in [-0.1, -0.05) is 35.9 Å². The average molecular weight is 509 g/mol. The fraction of sp³-hybridized carbons (Fsp3) is 0.273.